The van der Waals surface area contributed by atoms with Crippen LogP contribution in [-0.2, 0) is 13.1 Å². The fourth-order valence-corrected chi connectivity index (χ4v) is 3.34. The Labute approximate surface area is 128 Å². The van der Waals surface area contributed by atoms with Crippen molar-refractivity contribution in [3.63, 3.8) is 0 Å². The van der Waals surface area contributed by atoms with Crippen molar-refractivity contribution in [2.45, 2.75) is 46.3 Å². The molecule has 0 radical (unpaired) electrons. The highest BCUT2D eigenvalue weighted by molar-refractivity contribution is 7.15. The molecule has 6 heteroatoms. The SMILES string of the molecule is CCCNc1nnc(CN(Cc2cccs2)C(C)C)s1. The van der Waals surface area contributed by atoms with Crippen molar-refractivity contribution in [3.05, 3.63) is 27.4 Å². The van der Waals surface area contributed by atoms with Gasteiger partial charge in [-0.05, 0) is 31.7 Å². The van der Waals surface area contributed by atoms with Crippen LogP contribution in [0.4, 0.5) is 5.13 Å². The molecule has 0 amide bonds. The van der Waals surface area contributed by atoms with Crippen LogP contribution in [0.3, 0.4) is 0 Å². The quantitative estimate of drug-likeness (QED) is 0.804. The second-order valence-corrected chi connectivity index (χ2v) is 7.10. The van der Waals surface area contributed by atoms with Crippen molar-refractivity contribution in [1.29, 1.82) is 0 Å². The van der Waals surface area contributed by atoms with E-state index in [0.29, 0.717) is 6.04 Å². The van der Waals surface area contributed by atoms with E-state index in [9.17, 15) is 0 Å². The standard InChI is InChI=1S/C14H22N4S2/c1-4-7-15-14-17-16-13(20-14)10-18(11(2)3)9-12-6-5-8-19-12/h5-6,8,11H,4,7,9-10H2,1-3H3,(H,15,17). The molecule has 110 valence electrons. The van der Waals surface area contributed by atoms with E-state index in [0.717, 1.165) is 36.2 Å². The second kappa shape index (κ2) is 7.71. The zero-order valence-corrected chi connectivity index (χ0v) is 13.9. The molecule has 0 aromatic carbocycles. The molecule has 0 atom stereocenters. The number of rotatable bonds is 8. The Morgan fingerprint density at radius 3 is 2.80 bits per heavy atom. The molecular formula is C14H22N4S2. The summed E-state index contributed by atoms with van der Waals surface area (Å²) in [6, 6.07) is 4.79. The minimum Gasteiger partial charge on any atom is -0.360 e. The maximum Gasteiger partial charge on any atom is 0.205 e. The Balaban J connectivity index is 1.95. The minimum absolute atomic E-state index is 0.494. The van der Waals surface area contributed by atoms with Crippen LogP contribution in [0.1, 0.15) is 37.1 Å². The normalized spacial score (nSPS) is 11.4. The average molecular weight is 310 g/mol. The second-order valence-electron chi connectivity index (χ2n) is 5.01. The third-order valence-corrected chi connectivity index (χ3v) is 4.73. The van der Waals surface area contributed by atoms with Crippen molar-refractivity contribution in [1.82, 2.24) is 15.1 Å². The fourth-order valence-electron chi connectivity index (χ4n) is 1.82. The van der Waals surface area contributed by atoms with Crippen LogP contribution < -0.4 is 5.32 Å². The molecule has 4 nitrogen and oxygen atoms in total. The van der Waals surface area contributed by atoms with E-state index in [1.54, 1.807) is 11.3 Å². The van der Waals surface area contributed by atoms with Crippen molar-refractivity contribution < 1.29 is 0 Å². The molecule has 2 aromatic heterocycles. The number of hydrogen-bond acceptors (Lipinski definition) is 6. The van der Waals surface area contributed by atoms with Crippen molar-refractivity contribution in [2.24, 2.45) is 0 Å². The van der Waals surface area contributed by atoms with Gasteiger partial charge in [-0.25, -0.2) is 0 Å². The largest absolute Gasteiger partial charge is 0.360 e. The third kappa shape index (κ3) is 4.54. The molecule has 0 saturated heterocycles. The van der Waals surface area contributed by atoms with Gasteiger partial charge in [0.15, 0.2) is 0 Å². The fraction of sp³-hybridized carbons (Fsp3) is 0.571. The molecule has 0 saturated carbocycles. The summed E-state index contributed by atoms with van der Waals surface area (Å²) >= 11 is 3.47. The van der Waals surface area contributed by atoms with Gasteiger partial charge >= 0.3 is 0 Å². The molecule has 0 aliphatic carbocycles. The number of aromatic nitrogens is 2. The van der Waals surface area contributed by atoms with Crippen LogP contribution >= 0.6 is 22.7 Å². The number of thiophene rings is 1. The molecule has 0 aliphatic heterocycles. The summed E-state index contributed by atoms with van der Waals surface area (Å²) in [6.45, 7) is 9.40. The van der Waals surface area contributed by atoms with Gasteiger partial charge in [0.1, 0.15) is 5.01 Å². The van der Waals surface area contributed by atoms with Gasteiger partial charge in [0.25, 0.3) is 0 Å². The molecule has 20 heavy (non-hydrogen) atoms. The maximum absolute atomic E-state index is 4.29. The van der Waals surface area contributed by atoms with Crippen LogP contribution in [0.15, 0.2) is 17.5 Å². The molecule has 2 rings (SSSR count). The molecular weight excluding hydrogens is 288 g/mol. The van der Waals surface area contributed by atoms with E-state index in [-0.39, 0.29) is 0 Å². The number of nitrogens with zero attached hydrogens (tertiary/aromatic N) is 3. The molecule has 2 aromatic rings. The Bertz CT molecular complexity index is 493. The summed E-state index contributed by atoms with van der Waals surface area (Å²) in [4.78, 5) is 3.82. The molecule has 0 fully saturated rings. The lowest BCUT2D eigenvalue weighted by Crippen LogP contribution is -2.29. The Morgan fingerprint density at radius 1 is 1.30 bits per heavy atom. The highest BCUT2D eigenvalue weighted by Crippen LogP contribution is 2.20. The van der Waals surface area contributed by atoms with E-state index < -0.39 is 0 Å². The zero-order chi connectivity index (χ0) is 14.4. The predicted molar refractivity (Wildman–Crippen MR) is 87.4 cm³/mol. The first-order valence-electron chi connectivity index (χ1n) is 7.01. The van der Waals surface area contributed by atoms with E-state index >= 15 is 0 Å². The predicted octanol–water partition coefficient (Wildman–Crippen LogP) is 3.83. The lowest BCUT2D eigenvalue weighted by molar-refractivity contribution is 0.205. The first kappa shape index (κ1) is 15.4. The molecule has 0 aliphatic rings. The van der Waals surface area contributed by atoms with Gasteiger partial charge in [-0.15, -0.1) is 21.5 Å². The van der Waals surface area contributed by atoms with Crippen LogP contribution in [-0.4, -0.2) is 27.7 Å². The molecule has 1 N–H and O–H groups in total. The van der Waals surface area contributed by atoms with E-state index in [1.165, 1.54) is 4.88 Å². The van der Waals surface area contributed by atoms with E-state index in [1.807, 2.05) is 11.3 Å². The average Bonchev–Trinajstić information content (AvgIpc) is 3.07. The van der Waals surface area contributed by atoms with Crippen LogP contribution in [0, 0.1) is 0 Å². The summed E-state index contributed by atoms with van der Waals surface area (Å²) in [6.07, 6.45) is 1.10. The third-order valence-electron chi connectivity index (χ3n) is 3.00. The Morgan fingerprint density at radius 2 is 2.15 bits per heavy atom. The monoisotopic (exact) mass is 310 g/mol. The van der Waals surface area contributed by atoms with Crippen molar-refractivity contribution in [3.8, 4) is 0 Å². The number of anilines is 1. The molecule has 2 heterocycles. The van der Waals surface area contributed by atoms with E-state index in [4.69, 9.17) is 0 Å². The lowest BCUT2D eigenvalue weighted by Gasteiger charge is -2.24. The van der Waals surface area contributed by atoms with Crippen LogP contribution in [0.2, 0.25) is 0 Å². The van der Waals surface area contributed by atoms with Crippen LogP contribution in [0.25, 0.3) is 0 Å². The van der Waals surface area contributed by atoms with Crippen LogP contribution in [0.5, 0.6) is 0 Å². The van der Waals surface area contributed by atoms with Gasteiger partial charge in [0.05, 0.1) is 6.54 Å². The topological polar surface area (TPSA) is 41.1 Å². The molecule has 0 unspecified atom stereocenters. The summed E-state index contributed by atoms with van der Waals surface area (Å²) in [7, 11) is 0. The van der Waals surface area contributed by atoms with Crippen molar-refractivity contribution in [2.75, 3.05) is 11.9 Å². The molecule has 0 bridgehead atoms. The van der Waals surface area contributed by atoms with Gasteiger partial charge in [0, 0.05) is 24.0 Å². The first-order chi connectivity index (χ1) is 9.69. The summed E-state index contributed by atoms with van der Waals surface area (Å²) in [5.41, 5.74) is 0. The highest BCUT2D eigenvalue weighted by Gasteiger charge is 2.14. The van der Waals surface area contributed by atoms with Gasteiger partial charge in [0.2, 0.25) is 5.13 Å². The first-order valence-corrected chi connectivity index (χ1v) is 8.71. The zero-order valence-electron chi connectivity index (χ0n) is 12.3. The number of hydrogen-bond donors (Lipinski definition) is 1. The van der Waals surface area contributed by atoms with Gasteiger partial charge in [-0.3, -0.25) is 4.90 Å². The van der Waals surface area contributed by atoms with Crippen molar-refractivity contribution >= 4 is 27.8 Å². The Hall–Kier alpha value is -0.980. The highest BCUT2D eigenvalue weighted by atomic mass is 32.1. The van der Waals surface area contributed by atoms with Gasteiger partial charge in [-0.2, -0.15) is 0 Å². The summed E-state index contributed by atoms with van der Waals surface area (Å²) in [5, 5.41) is 15.9. The smallest absolute Gasteiger partial charge is 0.205 e. The van der Waals surface area contributed by atoms with Gasteiger partial charge < -0.3 is 5.32 Å². The minimum atomic E-state index is 0.494. The summed E-state index contributed by atoms with van der Waals surface area (Å²) < 4.78 is 0. The molecule has 0 spiro atoms. The van der Waals surface area contributed by atoms with Gasteiger partial charge in [-0.1, -0.05) is 24.3 Å². The lowest BCUT2D eigenvalue weighted by atomic mass is 10.3. The Kier molecular flexibility index (Phi) is 5.94. The maximum atomic E-state index is 4.29. The summed E-state index contributed by atoms with van der Waals surface area (Å²) in [5.74, 6) is 0. The van der Waals surface area contributed by atoms with E-state index in [2.05, 4.69) is 58.7 Å². The number of nitrogens with one attached hydrogen (secondary N) is 1.